The summed E-state index contributed by atoms with van der Waals surface area (Å²) in [7, 11) is 0. The molecule has 0 atom stereocenters. The van der Waals surface area contributed by atoms with Crippen LogP contribution in [0.25, 0.3) is 5.69 Å². The fraction of sp³-hybridized carbons (Fsp3) is 0. The van der Waals surface area contributed by atoms with Crippen LogP contribution in [0.1, 0.15) is 0 Å². The van der Waals surface area contributed by atoms with E-state index in [0.717, 1.165) is 5.69 Å². The van der Waals surface area contributed by atoms with Crippen LogP contribution in [0, 0.1) is 5.95 Å². The Labute approximate surface area is 69.3 Å². The second kappa shape index (κ2) is 2.77. The molecule has 12 heavy (non-hydrogen) atoms. The maximum absolute atomic E-state index is 12.6. The van der Waals surface area contributed by atoms with Crippen LogP contribution >= 0.6 is 0 Å². The zero-order valence-corrected chi connectivity index (χ0v) is 6.31. The minimum Gasteiger partial charge on any atom is -0.324 e. The summed E-state index contributed by atoms with van der Waals surface area (Å²) in [6.07, 6.45) is 5.16. The lowest BCUT2D eigenvalue weighted by Crippen LogP contribution is -1.91. The summed E-state index contributed by atoms with van der Waals surface area (Å²) in [4.78, 5) is 3.47. The molecule has 0 radical (unpaired) electrons. The highest BCUT2D eigenvalue weighted by Crippen LogP contribution is 2.07. The van der Waals surface area contributed by atoms with Crippen molar-refractivity contribution in [1.29, 1.82) is 0 Å². The van der Waals surface area contributed by atoms with E-state index in [-0.39, 0.29) is 0 Å². The first-order chi connectivity index (χ1) is 5.86. The zero-order chi connectivity index (χ0) is 8.39. The average molecular weight is 162 g/mol. The van der Waals surface area contributed by atoms with Crippen LogP contribution in [0.4, 0.5) is 4.39 Å². The maximum Gasteiger partial charge on any atom is 0.214 e. The first kappa shape index (κ1) is 7.03. The molecule has 0 amide bonds. The van der Waals surface area contributed by atoms with Crippen LogP contribution in [0.3, 0.4) is 0 Å². The van der Waals surface area contributed by atoms with Gasteiger partial charge in [0.1, 0.15) is 0 Å². The van der Waals surface area contributed by atoms with Crippen LogP contribution in [0.5, 0.6) is 0 Å². The summed E-state index contributed by atoms with van der Waals surface area (Å²) in [6.45, 7) is 0. The Morgan fingerprint density at radius 2 is 2.00 bits per heavy atom. The van der Waals surface area contributed by atoms with Gasteiger partial charge in [0, 0.05) is 24.7 Å². The van der Waals surface area contributed by atoms with Gasteiger partial charge >= 0.3 is 0 Å². The van der Waals surface area contributed by atoms with E-state index in [1.807, 2.05) is 29.1 Å². The summed E-state index contributed by atoms with van der Waals surface area (Å²) >= 11 is 0. The number of halogens is 1. The van der Waals surface area contributed by atoms with E-state index in [0.29, 0.717) is 0 Å². The number of aromatic nitrogens is 2. The van der Waals surface area contributed by atoms with Crippen molar-refractivity contribution < 1.29 is 4.39 Å². The number of hydrogen-bond donors (Lipinski definition) is 0. The third-order valence-corrected chi connectivity index (χ3v) is 1.61. The van der Waals surface area contributed by atoms with Gasteiger partial charge in [-0.05, 0) is 18.2 Å². The van der Waals surface area contributed by atoms with Crippen LogP contribution in [-0.2, 0) is 0 Å². The number of pyridine rings is 1. The third-order valence-electron chi connectivity index (χ3n) is 1.61. The molecule has 0 saturated heterocycles. The first-order valence-corrected chi connectivity index (χ1v) is 3.61. The average Bonchev–Trinajstić information content (AvgIpc) is 2.56. The molecule has 0 aliphatic heterocycles. The quantitative estimate of drug-likeness (QED) is 0.586. The smallest absolute Gasteiger partial charge is 0.214 e. The van der Waals surface area contributed by atoms with Gasteiger partial charge in [0.25, 0.3) is 0 Å². The lowest BCUT2D eigenvalue weighted by Gasteiger charge is -2.00. The monoisotopic (exact) mass is 162 g/mol. The lowest BCUT2D eigenvalue weighted by molar-refractivity contribution is 0.582. The summed E-state index contributed by atoms with van der Waals surface area (Å²) in [5.41, 5.74) is 0.785. The van der Waals surface area contributed by atoms with E-state index in [4.69, 9.17) is 0 Å². The Balaban J connectivity index is 2.48. The van der Waals surface area contributed by atoms with Gasteiger partial charge in [0.2, 0.25) is 5.95 Å². The number of hydrogen-bond acceptors (Lipinski definition) is 1. The van der Waals surface area contributed by atoms with E-state index >= 15 is 0 Å². The predicted octanol–water partition coefficient (Wildman–Crippen LogP) is 2.01. The highest BCUT2D eigenvalue weighted by atomic mass is 19.1. The molecule has 2 nitrogen and oxygen atoms in total. The van der Waals surface area contributed by atoms with E-state index in [2.05, 4.69) is 4.98 Å². The van der Waals surface area contributed by atoms with Gasteiger partial charge in [-0.15, -0.1) is 0 Å². The lowest BCUT2D eigenvalue weighted by atomic mass is 10.4. The molecule has 0 N–H and O–H groups in total. The first-order valence-electron chi connectivity index (χ1n) is 3.61. The summed E-state index contributed by atoms with van der Waals surface area (Å²) in [5, 5.41) is 0. The van der Waals surface area contributed by atoms with Crippen molar-refractivity contribution in [2.24, 2.45) is 0 Å². The molecule has 0 spiro atoms. The zero-order valence-electron chi connectivity index (χ0n) is 6.31. The van der Waals surface area contributed by atoms with Crippen LogP contribution in [-0.4, -0.2) is 9.55 Å². The summed E-state index contributed by atoms with van der Waals surface area (Å²) < 4.78 is 14.5. The highest BCUT2D eigenvalue weighted by Gasteiger charge is 1.95. The van der Waals surface area contributed by atoms with Crippen molar-refractivity contribution in [3.8, 4) is 5.69 Å². The topological polar surface area (TPSA) is 17.8 Å². The largest absolute Gasteiger partial charge is 0.324 e. The van der Waals surface area contributed by atoms with Crippen LogP contribution in [0.2, 0.25) is 0 Å². The second-order valence-corrected chi connectivity index (χ2v) is 2.43. The normalized spacial score (nSPS) is 10.1. The molecule has 2 rings (SSSR count). The molecule has 0 aliphatic carbocycles. The molecular formula is C9H7FN2. The standard InChI is InChI=1S/C9H7FN2/c10-9-7-8(3-4-11-9)12-5-1-2-6-12/h1-7H. The number of rotatable bonds is 1. The van der Waals surface area contributed by atoms with E-state index in [1.54, 1.807) is 6.07 Å². The molecule has 3 heteroatoms. The Kier molecular flexibility index (Phi) is 1.63. The van der Waals surface area contributed by atoms with Crippen molar-refractivity contribution in [3.05, 3.63) is 48.8 Å². The van der Waals surface area contributed by atoms with Crippen molar-refractivity contribution in [1.82, 2.24) is 9.55 Å². The molecule has 2 aromatic rings. The Morgan fingerprint density at radius 3 is 2.67 bits per heavy atom. The van der Waals surface area contributed by atoms with Gasteiger partial charge in [0.05, 0.1) is 5.69 Å². The van der Waals surface area contributed by atoms with Crippen molar-refractivity contribution in [3.63, 3.8) is 0 Å². The van der Waals surface area contributed by atoms with Crippen molar-refractivity contribution >= 4 is 0 Å². The molecule has 60 valence electrons. The fourth-order valence-electron chi connectivity index (χ4n) is 1.06. The molecule has 2 aromatic heterocycles. The molecule has 0 aliphatic rings. The minimum atomic E-state index is -0.457. The molecule has 0 aromatic carbocycles. The van der Waals surface area contributed by atoms with Crippen molar-refractivity contribution in [2.45, 2.75) is 0 Å². The van der Waals surface area contributed by atoms with Crippen LogP contribution in [0.15, 0.2) is 42.9 Å². The van der Waals surface area contributed by atoms with Crippen molar-refractivity contribution in [2.75, 3.05) is 0 Å². The fourth-order valence-corrected chi connectivity index (χ4v) is 1.06. The van der Waals surface area contributed by atoms with Gasteiger partial charge in [0.15, 0.2) is 0 Å². The molecule has 2 heterocycles. The molecule has 0 bridgehead atoms. The maximum atomic E-state index is 12.6. The van der Waals surface area contributed by atoms with Gasteiger partial charge in [-0.25, -0.2) is 4.98 Å². The molecule has 0 unspecified atom stereocenters. The van der Waals surface area contributed by atoms with Gasteiger partial charge in [-0.2, -0.15) is 4.39 Å². The highest BCUT2D eigenvalue weighted by molar-refractivity contribution is 5.29. The Morgan fingerprint density at radius 1 is 1.25 bits per heavy atom. The third kappa shape index (κ3) is 1.21. The second-order valence-electron chi connectivity index (χ2n) is 2.43. The summed E-state index contributed by atoms with van der Waals surface area (Å²) in [5.74, 6) is -0.457. The van der Waals surface area contributed by atoms with Gasteiger partial charge in [-0.3, -0.25) is 0 Å². The number of nitrogens with zero attached hydrogens (tertiary/aromatic N) is 2. The van der Waals surface area contributed by atoms with E-state index < -0.39 is 5.95 Å². The molecule has 0 saturated carbocycles. The Hall–Kier alpha value is -1.64. The SMILES string of the molecule is Fc1cc(-n2cccc2)ccn1. The predicted molar refractivity (Wildman–Crippen MR) is 43.5 cm³/mol. The molecule has 0 fully saturated rings. The van der Waals surface area contributed by atoms with Gasteiger partial charge < -0.3 is 4.57 Å². The van der Waals surface area contributed by atoms with Gasteiger partial charge in [-0.1, -0.05) is 0 Å². The Bertz CT molecular complexity index is 368. The van der Waals surface area contributed by atoms with E-state index in [9.17, 15) is 4.39 Å². The van der Waals surface area contributed by atoms with Crippen LogP contribution < -0.4 is 0 Å². The minimum absolute atomic E-state index is 0.457. The summed E-state index contributed by atoms with van der Waals surface area (Å²) in [6, 6.07) is 6.92. The van der Waals surface area contributed by atoms with E-state index in [1.165, 1.54) is 12.3 Å². The molecular weight excluding hydrogens is 155 g/mol.